The molecule has 2 atom stereocenters. The molecule has 0 aliphatic carbocycles. The lowest BCUT2D eigenvalue weighted by Crippen LogP contribution is -2.41. The summed E-state index contributed by atoms with van der Waals surface area (Å²) in [5.74, 6) is 0.504. The minimum absolute atomic E-state index is 0.0678. The fourth-order valence-electron chi connectivity index (χ4n) is 3.71. The number of aromatic nitrogens is 3. The Balaban J connectivity index is 1.86. The van der Waals surface area contributed by atoms with Crippen LogP contribution in [0.2, 0.25) is 0 Å². The summed E-state index contributed by atoms with van der Waals surface area (Å²) in [6, 6.07) is 10.7. The second kappa shape index (κ2) is 10.8. The Morgan fingerprint density at radius 3 is 2.49 bits per heavy atom. The van der Waals surface area contributed by atoms with Crippen LogP contribution in [0.4, 0.5) is 4.79 Å². The molecule has 0 radical (unpaired) electrons. The Kier molecular flexibility index (Phi) is 7.99. The summed E-state index contributed by atoms with van der Waals surface area (Å²) in [5.41, 5.74) is 0.461. The number of rotatable bonds is 8. The number of aryl methyl sites for hydroxylation is 1. The van der Waals surface area contributed by atoms with E-state index in [-0.39, 0.29) is 24.6 Å². The van der Waals surface area contributed by atoms with Crippen molar-refractivity contribution in [3.8, 4) is 0 Å². The van der Waals surface area contributed by atoms with Gasteiger partial charge in [-0.1, -0.05) is 55.8 Å². The number of carbonyl (C=O) groups is 1. The number of carbonyl (C=O) groups excluding carboxylic acids is 1. The van der Waals surface area contributed by atoms with Crippen molar-refractivity contribution in [2.24, 2.45) is 5.92 Å². The van der Waals surface area contributed by atoms with Gasteiger partial charge in [-0.3, -0.25) is 13.9 Å². The highest BCUT2D eigenvalue weighted by Gasteiger charge is 2.27. The Morgan fingerprint density at radius 2 is 1.86 bits per heavy atom. The van der Waals surface area contributed by atoms with E-state index in [0.717, 1.165) is 12.0 Å². The SMILES string of the molecule is CC[C@H](C)[C@H](NC(=O)OC(C)(C)C)c1cc(Cn2cc(C)c(=O)n(Cc3ccccc3)c2=O)on1. The zero-order valence-electron chi connectivity index (χ0n) is 21.2. The lowest BCUT2D eigenvalue weighted by Gasteiger charge is -2.25. The number of alkyl carbamates (subject to hydrolysis) is 1. The van der Waals surface area contributed by atoms with Crippen LogP contribution in [0.15, 0.2) is 56.7 Å². The van der Waals surface area contributed by atoms with Crippen LogP contribution in [0.25, 0.3) is 0 Å². The molecule has 0 saturated heterocycles. The number of nitrogens with zero attached hydrogens (tertiary/aromatic N) is 3. The van der Waals surface area contributed by atoms with E-state index in [4.69, 9.17) is 9.26 Å². The molecule has 3 rings (SSSR count). The highest BCUT2D eigenvalue weighted by atomic mass is 16.6. The molecule has 0 bridgehead atoms. The van der Waals surface area contributed by atoms with Crippen molar-refractivity contribution in [3.63, 3.8) is 0 Å². The third-order valence-corrected chi connectivity index (χ3v) is 5.70. The van der Waals surface area contributed by atoms with E-state index >= 15 is 0 Å². The first-order chi connectivity index (χ1) is 16.5. The highest BCUT2D eigenvalue weighted by Crippen LogP contribution is 2.25. The molecule has 35 heavy (non-hydrogen) atoms. The van der Waals surface area contributed by atoms with Crippen LogP contribution in [0.3, 0.4) is 0 Å². The summed E-state index contributed by atoms with van der Waals surface area (Å²) in [7, 11) is 0. The van der Waals surface area contributed by atoms with Crippen LogP contribution in [-0.2, 0) is 17.8 Å². The molecule has 9 heteroatoms. The molecule has 3 aromatic rings. The van der Waals surface area contributed by atoms with E-state index < -0.39 is 23.4 Å². The van der Waals surface area contributed by atoms with Gasteiger partial charge in [0.15, 0.2) is 5.76 Å². The average molecular weight is 483 g/mol. The van der Waals surface area contributed by atoms with Crippen LogP contribution < -0.4 is 16.6 Å². The predicted octanol–water partition coefficient (Wildman–Crippen LogP) is 4.01. The molecule has 1 N–H and O–H groups in total. The monoisotopic (exact) mass is 482 g/mol. The number of ether oxygens (including phenoxy) is 1. The average Bonchev–Trinajstić information content (AvgIpc) is 3.26. The first kappa shape index (κ1) is 26.0. The third kappa shape index (κ3) is 6.71. The molecule has 0 saturated carbocycles. The van der Waals surface area contributed by atoms with Gasteiger partial charge in [0.2, 0.25) is 0 Å². The number of hydrogen-bond donors (Lipinski definition) is 1. The van der Waals surface area contributed by atoms with E-state index in [1.807, 2.05) is 44.2 Å². The molecule has 0 unspecified atom stereocenters. The molecular formula is C26H34N4O5. The molecule has 0 spiro atoms. The van der Waals surface area contributed by atoms with Gasteiger partial charge in [0.1, 0.15) is 11.3 Å². The minimum Gasteiger partial charge on any atom is -0.444 e. The molecule has 1 amide bonds. The normalized spacial score (nSPS) is 13.3. The van der Waals surface area contributed by atoms with Gasteiger partial charge < -0.3 is 14.6 Å². The lowest BCUT2D eigenvalue weighted by molar-refractivity contribution is 0.0484. The van der Waals surface area contributed by atoms with E-state index in [1.54, 1.807) is 33.8 Å². The number of benzene rings is 1. The van der Waals surface area contributed by atoms with Crippen molar-refractivity contribution < 1.29 is 14.1 Å². The minimum atomic E-state index is -0.624. The molecule has 0 aliphatic rings. The smallest absolute Gasteiger partial charge is 0.408 e. The van der Waals surface area contributed by atoms with Crippen LogP contribution in [0.5, 0.6) is 0 Å². The third-order valence-electron chi connectivity index (χ3n) is 5.70. The highest BCUT2D eigenvalue weighted by molar-refractivity contribution is 5.68. The maximum atomic E-state index is 13.1. The maximum absolute atomic E-state index is 13.1. The summed E-state index contributed by atoms with van der Waals surface area (Å²) in [4.78, 5) is 38.2. The second-order valence-corrected chi connectivity index (χ2v) is 9.83. The van der Waals surface area contributed by atoms with Gasteiger partial charge in [0, 0.05) is 17.8 Å². The van der Waals surface area contributed by atoms with Crippen molar-refractivity contribution in [1.82, 2.24) is 19.6 Å². The van der Waals surface area contributed by atoms with E-state index in [0.29, 0.717) is 17.0 Å². The van der Waals surface area contributed by atoms with E-state index in [9.17, 15) is 14.4 Å². The quantitative estimate of drug-likeness (QED) is 0.520. The summed E-state index contributed by atoms with van der Waals surface area (Å²) in [5, 5.41) is 7.05. The fraction of sp³-hybridized carbons (Fsp3) is 0.462. The summed E-state index contributed by atoms with van der Waals surface area (Å²) in [6.07, 6.45) is 1.79. The predicted molar refractivity (Wildman–Crippen MR) is 132 cm³/mol. The van der Waals surface area contributed by atoms with Crippen molar-refractivity contribution in [2.75, 3.05) is 0 Å². The molecule has 0 aliphatic heterocycles. The van der Waals surface area contributed by atoms with Gasteiger partial charge in [-0.2, -0.15) is 0 Å². The molecule has 2 heterocycles. The lowest BCUT2D eigenvalue weighted by atomic mass is 9.96. The number of nitrogens with one attached hydrogen (secondary N) is 1. The number of hydrogen-bond acceptors (Lipinski definition) is 6. The van der Waals surface area contributed by atoms with Crippen LogP contribution in [-0.4, -0.2) is 26.0 Å². The van der Waals surface area contributed by atoms with Gasteiger partial charge in [-0.05, 0) is 39.2 Å². The van der Waals surface area contributed by atoms with Crippen molar-refractivity contribution >= 4 is 6.09 Å². The van der Waals surface area contributed by atoms with Crippen molar-refractivity contribution in [3.05, 3.63) is 86.0 Å². The summed E-state index contributed by atoms with van der Waals surface area (Å²) < 4.78 is 13.6. The Labute approximate surface area is 204 Å². The van der Waals surface area contributed by atoms with Crippen LogP contribution in [0, 0.1) is 12.8 Å². The van der Waals surface area contributed by atoms with Crippen molar-refractivity contribution in [2.45, 2.75) is 72.7 Å². The first-order valence-corrected chi connectivity index (χ1v) is 11.8. The van der Waals surface area contributed by atoms with Gasteiger partial charge in [0.05, 0.1) is 19.1 Å². The summed E-state index contributed by atoms with van der Waals surface area (Å²) >= 11 is 0. The van der Waals surface area contributed by atoms with Crippen molar-refractivity contribution in [1.29, 1.82) is 0 Å². The molecule has 0 fully saturated rings. The van der Waals surface area contributed by atoms with Gasteiger partial charge in [-0.25, -0.2) is 9.59 Å². The largest absolute Gasteiger partial charge is 0.444 e. The Morgan fingerprint density at radius 1 is 1.17 bits per heavy atom. The fourth-order valence-corrected chi connectivity index (χ4v) is 3.71. The van der Waals surface area contributed by atoms with Crippen LogP contribution >= 0.6 is 0 Å². The topological polar surface area (TPSA) is 108 Å². The van der Waals surface area contributed by atoms with Gasteiger partial charge >= 0.3 is 11.8 Å². The standard InChI is InChI=1S/C26H34N4O5/c1-7-17(2)22(27-24(32)34-26(4,5)6)21-13-20(35-28-21)16-29-14-18(3)23(31)30(25(29)33)15-19-11-9-8-10-12-19/h8-14,17,22H,7,15-16H2,1-6H3,(H,27,32)/t17-,22-/m0/s1. The molecule has 2 aromatic heterocycles. The maximum Gasteiger partial charge on any atom is 0.408 e. The first-order valence-electron chi connectivity index (χ1n) is 11.8. The number of amides is 1. The molecule has 188 valence electrons. The van der Waals surface area contributed by atoms with E-state index in [2.05, 4.69) is 10.5 Å². The summed E-state index contributed by atoms with van der Waals surface area (Å²) in [6.45, 7) is 11.4. The van der Waals surface area contributed by atoms with Gasteiger partial charge in [-0.15, -0.1) is 0 Å². The Bertz CT molecular complexity index is 1270. The zero-order chi connectivity index (χ0) is 25.8. The van der Waals surface area contributed by atoms with E-state index in [1.165, 1.54) is 15.3 Å². The zero-order valence-corrected chi connectivity index (χ0v) is 21.2. The molecular weight excluding hydrogens is 448 g/mol. The Hall–Kier alpha value is -3.62. The molecule has 9 nitrogen and oxygen atoms in total. The molecule has 1 aromatic carbocycles. The second-order valence-electron chi connectivity index (χ2n) is 9.83. The van der Waals surface area contributed by atoms with Crippen LogP contribution in [0.1, 0.15) is 69.7 Å². The van der Waals surface area contributed by atoms with Gasteiger partial charge in [0.25, 0.3) is 5.56 Å².